The van der Waals surface area contributed by atoms with Crippen molar-refractivity contribution in [1.82, 2.24) is 5.48 Å². The standard InChI is InChI=1S/C14H21N3O3.C7H10.C3H4/c1-3-9(8-12(16-2)14(19)17-20)10-5-4-6-11(7-10)13(15)18;1-7-5-3-2-4-6-7;1-3-2/h4-8,13-14,17-20H,3,15H2,1-2H3;2-5,7H,6H2,1H3;1H,2H3/b9-8+,16-12?;;. The van der Waals surface area contributed by atoms with E-state index >= 15 is 0 Å². The van der Waals surface area contributed by atoms with Crippen LogP contribution in [0.3, 0.4) is 0 Å². The third-order valence-electron chi connectivity index (χ3n) is 4.16. The molecule has 1 aromatic rings. The summed E-state index contributed by atoms with van der Waals surface area (Å²) in [6.45, 7) is 5.84. The lowest BCUT2D eigenvalue weighted by Crippen LogP contribution is -2.33. The number of aliphatic hydroxyl groups is 2. The molecule has 6 N–H and O–H groups in total. The van der Waals surface area contributed by atoms with Crippen molar-refractivity contribution >= 4 is 11.3 Å². The summed E-state index contributed by atoms with van der Waals surface area (Å²) in [7, 11) is 1.53. The van der Waals surface area contributed by atoms with Crippen molar-refractivity contribution in [2.75, 3.05) is 7.05 Å². The number of hydroxylamine groups is 1. The quantitative estimate of drug-likeness (QED) is 0.212. The van der Waals surface area contributed by atoms with Crippen LogP contribution in [0.1, 0.15) is 51.0 Å². The van der Waals surface area contributed by atoms with Gasteiger partial charge in [0.1, 0.15) is 6.23 Å². The normalized spacial score (nSPS) is 17.6. The van der Waals surface area contributed by atoms with E-state index in [1.165, 1.54) is 13.5 Å². The number of hydrogen-bond donors (Lipinski definition) is 5. The number of nitrogens with one attached hydrogen (secondary N) is 1. The van der Waals surface area contributed by atoms with Crippen molar-refractivity contribution in [2.45, 2.75) is 46.1 Å². The predicted molar refractivity (Wildman–Crippen MR) is 125 cm³/mol. The van der Waals surface area contributed by atoms with Crippen LogP contribution < -0.4 is 11.2 Å². The van der Waals surface area contributed by atoms with Crippen LogP contribution in [0.15, 0.2) is 59.6 Å². The molecule has 0 heterocycles. The van der Waals surface area contributed by atoms with Gasteiger partial charge in [-0.25, -0.2) is 0 Å². The van der Waals surface area contributed by atoms with Crippen LogP contribution >= 0.6 is 0 Å². The Balaban J connectivity index is 0.000000690. The lowest BCUT2D eigenvalue weighted by molar-refractivity contribution is 0.0439. The fourth-order valence-corrected chi connectivity index (χ4v) is 2.53. The number of nitrogens with zero attached hydrogens (tertiary/aromatic N) is 1. The average molecular weight is 414 g/mol. The van der Waals surface area contributed by atoms with E-state index in [9.17, 15) is 10.2 Å². The summed E-state index contributed by atoms with van der Waals surface area (Å²) in [5.41, 5.74) is 9.90. The molecular weight excluding hydrogens is 378 g/mol. The molecule has 0 fully saturated rings. The van der Waals surface area contributed by atoms with Gasteiger partial charge in [0.25, 0.3) is 0 Å². The topological polar surface area (TPSA) is 111 Å². The molecule has 0 aromatic heterocycles. The van der Waals surface area contributed by atoms with E-state index in [0.29, 0.717) is 17.7 Å². The molecule has 30 heavy (non-hydrogen) atoms. The monoisotopic (exact) mass is 413 g/mol. The van der Waals surface area contributed by atoms with Crippen molar-refractivity contribution in [1.29, 1.82) is 0 Å². The van der Waals surface area contributed by atoms with E-state index in [0.717, 1.165) is 17.1 Å². The van der Waals surface area contributed by atoms with Crippen molar-refractivity contribution in [3.63, 3.8) is 0 Å². The van der Waals surface area contributed by atoms with Crippen LogP contribution in [0.25, 0.3) is 5.57 Å². The molecule has 0 bridgehead atoms. The third-order valence-corrected chi connectivity index (χ3v) is 4.16. The molecule has 1 aromatic carbocycles. The van der Waals surface area contributed by atoms with Crippen molar-refractivity contribution in [3.8, 4) is 12.3 Å². The lowest BCUT2D eigenvalue weighted by Gasteiger charge is -2.12. The van der Waals surface area contributed by atoms with Gasteiger partial charge in [0.2, 0.25) is 0 Å². The average Bonchev–Trinajstić information content (AvgIpc) is 2.76. The van der Waals surface area contributed by atoms with Gasteiger partial charge in [-0.1, -0.05) is 56.4 Å². The van der Waals surface area contributed by atoms with E-state index in [2.05, 4.69) is 48.6 Å². The van der Waals surface area contributed by atoms with Gasteiger partial charge in [0.15, 0.2) is 6.23 Å². The van der Waals surface area contributed by atoms with Crippen LogP contribution in [0, 0.1) is 18.3 Å². The minimum atomic E-state index is -1.25. The fraction of sp³-hybridized carbons (Fsp3) is 0.375. The first-order valence-electron chi connectivity index (χ1n) is 9.84. The highest BCUT2D eigenvalue weighted by atomic mass is 16.5. The Morgan fingerprint density at radius 1 is 1.40 bits per heavy atom. The van der Waals surface area contributed by atoms with Gasteiger partial charge < -0.3 is 21.2 Å². The van der Waals surface area contributed by atoms with Crippen LogP contribution in [0.4, 0.5) is 0 Å². The van der Waals surface area contributed by atoms with Gasteiger partial charge >= 0.3 is 0 Å². The molecule has 0 aliphatic heterocycles. The molecule has 0 saturated heterocycles. The molecule has 0 amide bonds. The third kappa shape index (κ3) is 10.9. The van der Waals surface area contributed by atoms with Gasteiger partial charge in [-0.15, -0.1) is 12.3 Å². The molecule has 0 spiro atoms. The van der Waals surface area contributed by atoms with Crippen LogP contribution in [-0.2, 0) is 0 Å². The number of terminal acetylenes is 1. The molecule has 6 nitrogen and oxygen atoms in total. The first-order chi connectivity index (χ1) is 14.3. The van der Waals surface area contributed by atoms with Crippen molar-refractivity contribution < 1.29 is 15.4 Å². The largest absolute Gasteiger partial charge is 0.375 e. The van der Waals surface area contributed by atoms with E-state index in [1.807, 2.05) is 13.0 Å². The zero-order valence-electron chi connectivity index (χ0n) is 18.3. The summed E-state index contributed by atoms with van der Waals surface area (Å²) in [6.07, 6.45) is 14.5. The van der Waals surface area contributed by atoms with Gasteiger partial charge in [0.05, 0.1) is 5.71 Å². The Hall–Kier alpha value is -2.53. The molecule has 6 heteroatoms. The zero-order valence-corrected chi connectivity index (χ0v) is 18.3. The molecule has 0 radical (unpaired) electrons. The minimum absolute atomic E-state index is 0.308. The highest BCUT2D eigenvalue weighted by Gasteiger charge is 2.10. The second kappa shape index (κ2) is 16.3. The maximum absolute atomic E-state index is 9.56. The lowest BCUT2D eigenvalue weighted by atomic mass is 9.99. The number of hydrogen-bond acceptors (Lipinski definition) is 6. The molecule has 3 unspecified atom stereocenters. The zero-order chi connectivity index (χ0) is 22.9. The number of allylic oxidation sites excluding steroid dienone is 5. The number of benzene rings is 1. The Morgan fingerprint density at radius 2 is 2.07 bits per heavy atom. The number of nitrogens with two attached hydrogens (primary N) is 1. The summed E-state index contributed by atoms with van der Waals surface area (Å²) in [5, 5.41) is 27.7. The molecule has 0 saturated carbocycles. The van der Waals surface area contributed by atoms with Gasteiger partial charge in [-0.05, 0) is 54.5 Å². The maximum Gasteiger partial charge on any atom is 0.168 e. The first kappa shape index (κ1) is 27.5. The second-order valence-electron chi connectivity index (χ2n) is 6.59. The van der Waals surface area contributed by atoms with Gasteiger partial charge in [0, 0.05) is 7.05 Å². The Labute approximate surface area is 180 Å². The highest BCUT2D eigenvalue weighted by molar-refractivity contribution is 6.03. The summed E-state index contributed by atoms with van der Waals surface area (Å²) in [6, 6.07) is 7.20. The first-order valence-corrected chi connectivity index (χ1v) is 9.84. The molecule has 164 valence electrons. The van der Waals surface area contributed by atoms with E-state index in [1.54, 1.807) is 36.7 Å². The summed E-state index contributed by atoms with van der Waals surface area (Å²) >= 11 is 0. The molecule has 1 aliphatic carbocycles. The highest BCUT2D eigenvalue weighted by Crippen LogP contribution is 2.21. The van der Waals surface area contributed by atoms with Crippen LogP contribution in [0.5, 0.6) is 0 Å². The molecule has 1 aliphatic rings. The summed E-state index contributed by atoms with van der Waals surface area (Å²) in [4.78, 5) is 3.92. The number of rotatable bonds is 6. The van der Waals surface area contributed by atoms with Crippen LogP contribution in [0.2, 0.25) is 0 Å². The predicted octanol–water partition coefficient (Wildman–Crippen LogP) is 3.58. The number of aliphatic imine (C=N–C) groups is 1. The minimum Gasteiger partial charge on any atom is -0.375 e. The Bertz CT molecular complexity index is 774. The van der Waals surface area contributed by atoms with E-state index < -0.39 is 12.5 Å². The summed E-state index contributed by atoms with van der Waals surface area (Å²) in [5.74, 6) is 3.02. The second-order valence-corrected chi connectivity index (χ2v) is 6.59. The summed E-state index contributed by atoms with van der Waals surface area (Å²) < 4.78 is 0. The fourth-order valence-electron chi connectivity index (χ4n) is 2.53. The Kier molecular flexibility index (Phi) is 14.9. The van der Waals surface area contributed by atoms with Gasteiger partial charge in [-0.3, -0.25) is 4.99 Å². The van der Waals surface area contributed by atoms with Crippen molar-refractivity contribution in [3.05, 3.63) is 65.8 Å². The molecular formula is C24H35N3O3. The maximum atomic E-state index is 9.56. The number of aliphatic hydroxyl groups excluding tert-OH is 2. The van der Waals surface area contributed by atoms with Crippen molar-refractivity contribution in [2.24, 2.45) is 16.6 Å². The van der Waals surface area contributed by atoms with Crippen LogP contribution in [-0.4, -0.2) is 34.4 Å². The molecule has 3 atom stereocenters. The van der Waals surface area contributed by atoms with E-state index in [-0.39, 0.29) is 0 Å². The van der Waals surface area contributed by atoms with Gasteiger partial charge in [-0.2, -0.15) is 5.48 Å². The Morgan fingerprint density at radius 3 is 2.47 bits per heavy atom. The van der Waals surface area contributed by atoms with E-state index in [4.69, 9.17) is 10.9 Å². The molecule has 2 rings (SSSR count). The smallest absolute Gasteiger partial charge is 0.168 e. The SMILES string of the molecule is C#CC.CC/C(=C\C(=NC)C(O)NO)c1cccc(C(N)O)c1.CC1C=CC=CC1.